The summed E-state index contributed by atoms with van der Waals surface area (Å²) in [5, 5.41) is 12.9. The standard InChI is InChI=1S/C23H30N4OS/c1-6-15(2)18-9-11-19(12-10-18)23(20-8-7-13-29-20)24-14-21(28)25-22-16(3)26-27(5)17(22)4/h7-13,15,23-24H,6,14H2,1-5H3,(H,25,28)/t15-,23-/m1/s1. The molecule has 154 valence electrons. The van der Waals surface area contributed by atoms with Crippen molar-refractivity contribution in [1.82, 2.24) is 15.1 Å². The van der Waals surface area contributed by atoms with E-state index in [9.17, 15) is 4.79 Å². The van der Waals surface area contributed by atoms with E-state index in [-0.39, 0.29) is 18.5 Å². The van der Waals surface area contributed by atoms with Gasteiger partial charge in [-0.25, -0.2) is 0 Å². The van der Waals surface area contributed by atoms with E-state index in [4.69, 9.17) is 0 Å². The molecule has 0 unspecified atom stereocenters. The predicted molar refractivity (Wildman–Crippen MR) is 121 cm³/mol. The maximum Gasteiger partial charge on any atom is 0.238 e. The van der Waals surface area contributed by atoms with Crippen LogP contribution in [-0.2, 0) is 11.8 Å². The molecule has 0 saturated heterocycles. The van der Waals surface area contributed by atoms with E-state index < -0.39 is 0 Å². The number of amides is 1. The first-order chi connectivity index (χ1) is 13.9. The molecular weight excluding hydrogens is 380 g/mol. The number of hydrogen-bond acceptors (Lipinski definition) is 4. The third-order valence-corrected chi connectivity index (χ3v) is 6.46. The number of rotatable bonds is 8. The van der Waals surface area contributed by atoms with Crippen molar-refractivity contribution >= 4 is 22.9 Å². The van der Waals surface area contributed by atoms with Gasteiger partial charge in [0.1, 0.15) is 0 Å². The zero-order chi connectivity index (χ0) is 21.0. The molecule has 3 rings (SSSR count). The average Bonchev–Trinajstić information content (AvgIpc) is 3.33. The van der Waals surface area contributed by atoms with Crippen LogP contribution >= 0.6 is 11.3 Å². The zero-order valence-electron chi connectivity index (χ0n) is 17.8. The van der Waals surface area contributed by atoms with Crippen molar-refractivity contribution < 1.29 is 4.79 Å². The van der Waals surface area contributed by atoms with E-state index in [1.807, 2.05) is 27.0 Å². The summed E-state index contributed by atoms with van der Waals surface area (Å²) in [6.07, 6.45) is 1.12. The van der Waals surface area contributed by atoms with E-state index in [1.165, 1.54) is 16.0 Å². The summed E-state index contributed by atoms with van der Waals surface area (Å²) >= 11 is 1.70. The fraction of sp³-hybridized carbons (Fsp3) is 0.391. The molecule has 1 aromatic carbocycles. The van der Waals surface area contributed by atoms with Gasteiger partial charge in [-0.15, -0.1) is 11.3 Å². The number of hydrogen-bond donors (Lipinski definition) is 2. The first-order valence-corrected chi connectivity index (χ1v) is 10.9. The van der Waals surface area contributed by atoms with Crippen LogP contribution < -0.4 is 10.6 Å². The SMILES string of the molecule is CC[C@@H](C)c1ccc([C@@H](NCC(=O)Nc2c(C)nn(C)c2C)c2cccs2)cc1. The Bertz CT molecular complexity index is 944. The van der Waals surface area contributed by atoms with Crippen LogP contribution in [0, 0.1) is 13.8 Å². The highest BCUT2D eigenvalue weighted by Gasteiger charge is 2.18. The fourth-order valence-electron chi connectivity index (χ4n) is 3.42. The lowest BCUT2D eigenvalue weighted by Crippen LogP contribution is -2.31. The van der Waals surface area contributed by atoms with Gasteiger partial charge in [0.25, 0.3) is 0 Å². The molecule has 0 aliphatic heterocycles. The summed E-state index contributed by atoms with van der Waals surface area (Å²) in [4.78, 5) is 13.8. The predicted octanol–water partition coefficient (Wildman–Crippen LogP) is 4.93. The maximum absolute atomic E-state index is 12.6. The Morgan fingerprint density at radius 1 is 1.17 bits per heavy atom. The minimum atomic E-state index is -0.0676. The van der Waals surface area contributed by atoms with Gasteiger partial charge in [0.05, 0.1) is 29.7 Å². The summed E-state index contributed by atoms with van der Waals surface area (Å²) in [7, 11) is 1.88. The van der Waals surface area contributed by atoms with Gasteiger partial charge in [-0.3, -0.25) is 14.8 Å². The van der Waals surface area contributed by atoms with Gasteiger partial charge in [-0.1, -0.05) is 44.2 Å². The Hall–Kier alpha value is -2.44. The second-order valence-electron chi connectivity index (χ2n) is 7.52. The monoisotopic (exact) mass is 410 g/mol. The van der Waals surface area contributed by atoms with Crippen molar-refractivity contribution in [2.24, 2.45) is 7.05 Å². The summed E-state index contributed by atoms with van der Waals surface area (Å²) in [6.45, 7) is 8.54. The van der Waals surface area contributed by atoms with Crippen molar-refractivity contribution in [3.05, 3.63) is 69.2 Å². The molecule has 1 amide bonds. The Morgan fingerprint density at radius 3 is 2.41 bits per heavy atom. The highest BCUT2D eigenvalue weighted by Crippen LogP contribution is 2.28. The molecule has 29 heavy (non-hydrogen) atoms. The van der Waals surface area contributed by atoms with Crippen LogP contribution in [0.15, 0.2) is 41.8 Å². The third kappa shape index (κ3) is 4.95. The van der Waals surface area contributed by atoms with Crippen molar-refractivity contribution in [1.29, 1.82) is 0 Å². The largest absolute Gasteiger partial charge is 0.322 e. The summed E-state index contributed by atoms with van der Waals surface area (Å²) < 4.78 is 1.78. The maximum atomic E-state index is 12.6. The molecule has 0 aliphatic carbocycles. The van der Waals surface area contributed by atoms with Gasteiger partial charge in [-0.2, -0.15) is 5.10 Å². The van der Waals surface area contributed by atoms with Crippen LogP contribution in [0.3, 0.4) is 0 Å². The highest BCUT2D eigenvalue weighted by atomic mass is 32.1. The molecule has 5 nitrogen and oxygen atoms in total. The van der Waals surface area contributed by atoms with Crippen LogP contribution in [0.25, 0.3) is 0 Å². The molecule has 2 atom stereocenters. The number of carbonyl (C=O) groups is 1. The van der Waals surface area contributed by atoms with Crippen LogP contribution in [0.5, 0.6) is 0 Å². The lowest BCUT2D eigenvalue weighted by atomic mass is 9.95. The fourth-order valence-corrected chi connectivity index (χ4v) is 4.25. The number of carbonyl (C=O) groups excluding carboxylic acids is 1. The zero-order valence-corrected chi connectivity index (χ0v) is 18.6. The first-order valence-electron chi connectivity index (χ1n) is 10.1. The smallest absolute Gasteiger partial charge is 0.238 e. The number of nitrogens with zero attached hydrogens (tertiary/aromatic N) is 2. The van der Waals surface area contributed by atoms with Crippen LogP contribution in [0.2, 0.25) is 0 Å². The summed E-state index contributed by atoms with van der Waals surface area (Å²) in [6, 6.07) is 12.9. The van der Waals surface area contributed by atoms with Gasteiger partial charge < -0.3 is 5.32 Å². The van der Waals surface area contributed by atoms with Crippen LogP contribution in [-0.4, -0.2) is 22.2 Å². The molecule has 0 bridgehead atoms. The highest BCUT2D eigenvalue weighted by molar-refractivity contribution is 7.10. The van der Waals surface area contributed by atoms with Crippen LogP contribution in [0.1, 0.15) is 59.6 Å². The molecular formula is C23H30N4OS. The van der Waals surface area contributed by atoms with E-state index in [0.717, 1.165) is 23.5 Å². The van der Waals surface area contributed by atoms with Crippen molar-refractivity contribution in [3.8, 4) is 0 Å². The van der Waals surface area contributed by atoms with Gasteiger partial charge >= 0.3 is 0 Å². The molecule has 2 N–H and O–H groups in total. The third-order valence-electron chi connectivity index (χ3n) is 5.52. The van der Waals surface area contributed by atoms with Crippen molar-refractivity contribution in [3.63, 3.8) is 0 Å². The van der Waals surface area contributed by atoms with Crippen LogP contribution in [0.4, 0.5) is 5.69 Å². The minimum Gasteiger partial charge on any atom is -0.322 e. The Kier molecular flexibility index (Phi) is 6.87. The first kappa shape index (κ1) is 21.3. The second kappa shape index (κ2) is 9.37. The van der Waals surface area contributed by atoms with E-state index in [1.54, 1.807) is 16.0 Å². The lowest BCUT2D eigenvalue weighted by Gasteiger charge is -2.19. The van der Waals surface area contributed by atoms with Gasteiger partial charge in [0.2, 0.25) is 5.91 Å². The molecule has 2 heterocycles. The van der Waals surface area contributed by atoms with Gasteiger partial charge in [0.15, 0.2) is 0 Å². The minimum absolute atomic E-state index is 0.0113. The second-order valence-corrected chi connectivity index (χ2v) is 8.50. The molecule has 0 radical (unpaired) electrons. The molecule has 0 saturated carbocycles. The normalized spacial score (nSPS) is 13.3. The molecule has 6 heteroatoms. The number of anilines is 1. The summed E-state index contributed by atoms with van der Waals surface area (Å²) in [5.41, 5.74) is 5.09. The molecule has 0 aliphatic rings. The molecule has 2 aromatic heterocycles. The number of nitrogens with one attached hydrogen (secondary N) is 2. The average molecular weight is 411 g/mol. The topological polar surface area (TPSA) is 59.0 Å². The lowest BCUT2D eigenvalue weighted by molar-refractivity contribution is -0.115. The Labute approximate surface area is 177 Å². The van der Waals surface area contributed by atoms with Crippen molar-refractivity contribution in [2.75, 3.05) is 11.9 Å². The number of aryl methyl sites for hydroxylation is 2. The van der Waals surface area contributed by atoms with Gasteiger partial charge in [0, 0.05) is 11.9 Å². The quantitative estimate of drug-likeness (QED) is 0.554. The number of thiophene rings is 1. The Balaban J connectivity index is 1.72. The number of benzene rings is 1. The van der Waals surface area contributed by atoms with E-state index in [0.29, 0.717) is 5.92 Å². The molecule has 0 spiro atoms. The summed E-state index contributed by atoms with van der Waals surface area (Å²) in [5.74, 6) is 0.482. The van der Waals surface area contributed by atoms with E-state index >= 15 is 0 Å². The molecule has 0 fully saturated rings. The van der Waals surface area contributed by atoms with E-state index in [2.05, 4.69) is 65.3 Å². The Morgan fingerprint density at radius 2 is 1.86 bits per heavy atom. The number of aromatic nitrogens is 2. The van der Waals surface area contributed by atoms with Crippen molar-refractivity contribution in [2.45, 2.75) is 46.1 Å². The van der Waals surface area contributed by atoms with Gasteiger partial charge in [-0.05, 0) is 48.8 Å². The molecule has 3 aromatic rings.